The van der Waals surface area contributed by atoms with Crippen molar-refractivity contribution in [3.8, 4) is 17.1 Å². The van der Waals surface area contributed by atoms with Crippen LogP contribution in [0, 0.1) is 0 Å². The van der Waals surface area contributed by atoms with Crippen LogP contribution < -0.4 is 10.4 Å². The molecule has 4 heterocycles. The van der Waals surface area contributed by atoms with Crippen molar-refractivity contribution >= 4 is 0 Å². The Morgan fingerprint density at radius 1 is 1.32 bits per heavy atom. The lowest BCUT2D eigenvalue weighted by molar-refractivity contribution is 0.0579. The van der Waals surface area contributed by atoms with E-state index in [1.807, 2.05) is 12.1 Å². The minimum absolute atomic E-state index is 0.0577. The van der Waals surface area contributed by atoms with Crippen molar-refractivity contribution in [1.29, 1.82) is 0 Å². The van der Waals surface area contributed by atoms with Gasteiger partial charge in [0, 0.05) is 24.0 Å². The summed E-state index contributed by atoms with van der Waals surface area (Å²) in [7, 11) is 0. The van der Waals surface area contributed by atoms with Gasteiger partial charge in [0.05, 0.1) is 0 Å². The fraction of sp³-hybridized carbons (Fsp3) is 0.412. The van der Waals surface area contributed by atoms with E-state index in [2.05, 4.69) is 4.98 Å². The molecule has 3 atom stereocenters. The topological polar surface area (TPSA) is 64.9 Å². The van der Waals surface area contributed by atoms with Crippen LogP contribution in [0.1, 0.15) is 37.4 Å². The quantitative estimate of drug-likeness (QED) is 0.757. The summed E-state index contributed by atoms with van der Waals surface area (Å²) in [6.07, 6.45) is 7.49. The Balaban J connectivity index is 1.63. The number of aromatic nitrogens is 1. The number of ether oxygens (including phenoxy) is 2. The van der Waals surface area contributed by atoms with Crippen LogP contribution in [0.4, 0.5) is 0 Å². The molecule has 3 aliphatic rings. The van der Waals surface area contributed by atoms with Gasteiger partial charge in [-0.05, 0) is 31.4 Å². The summed E-state index contributed by atoms with van der Waals surface area (Å²) >= 11 is 0. The first-order valence-corrected chi connectivity index (χ1v) is 7.71. The number of hydrogen-bond acceptors (Lipinski definition) is 5. The second-order valence-electron chi connectivity index (χ2n) is 6.22. The second kappa shape index (κ2) is 4.20. The van der Waals surface area contributed by atoms with Crippen molar-refractivity contribution < 1.29 is 13.9 Å². The third-order valence-corrected chi connectivity index (χ3v) is 4.98. The molecule has 1 aliphatic carbocycles. The summed E-state index contributed by atoms with van der Waals surface area (Å²) < 4.78 is 17.5. The van der Waals surface area contributed by atoms with E-state index in [1.54, 1.807) is 18.5 Å². The normalized spacial score (nSPS) is 31.5. The maximum Gasteiger partial charge on any atom is 0.346 e. The molecule has 0 N–H and O–H groups in total. The number of hydrogen-bond donors (Lipinski definition) is 0. The molecule has 2 aliphatic heterocycles. The van der Waals surface area contributed by atoms with Crippen LogP contribution in [0.5, 0.6) is 5.75 Å². The van der Waals surface area contributed by atoms with Crippen molar-refractivity contribution in [2.24, 2.45) is 0 Å². The number of epoxide rings is 1. The molecule has 0 aromatic carbocycles. The Morgan fingerprint density at radius 3 is 3.14 bits per heavy atom. The van der Waals surface area contributed by atoms with Crippen LogP contribution in [0.15, 0.2) is 39.8 Å². The maximum atomic E-state index is 12.4. The summed E-state index contributed by atoms with van der Waals surface area (Å²) in [6, 6.07) is 5.47. The van der Waals surface area contributed by atoms with E-state index < -0.39 is 0 Å². The minimum Gasteiger partial charge on any atom is -0.486 e. The molecule has 0 unspecified atom stereocenters. The second-order valence-corrected chi connectivity index (χ2v) is 6.22. The van der Waals surface area contributed by atoms with Gasteiger partial charge in [-0.3, -0.25) is 4.98 Å². The maximum absolute atomic E-state index is 12.4. The van der Waals surface area contributed by atoms with Crippen molar-refractivity contribution in [2.45, 2.75) is 43.5 Å². The van der Waals surface area contributed by atoms with Crippen molar-refractivity contribution in [3.05, 3.63) is 46.6 Å². The highest BCUT2D eigenvalue weighted by atomic mass is 16.7. The molecular weight excluding hydrogens is 282 g/mol. The summed E-state index contributed by atoms with van der Waals surface area (Å²) in [5.74, 6) is 1.10. The molecule has 0 radical (unpaired) electrons. The number of rotatable bonds is 1. The predicted octanol–water partition coefficient (Wildman–Crippen LogP) is 2.85. The fourth-order valence-corrected chi connectivity index (χ4v) is 3.84. The molecule has 5 rings (SSSR count). The molecule has 22 heavy (non-hydrogen) atoms. The smallest absolute Gasteiger partial charge is 0.346 e. The number of pyridine rings is 1. The highest BCUT2D eigenvalue weighted by Gasteiger charge is 2.68. The van der Waals surface area contributed by atoms with Gasteiger partial charge in [-0.15, -0.1) is 0 Å². The van der Waals surface area contributed by atoms with Gasteiger partial charge in [-0.25, -0.2) is 4.79 Å². The van der Waals surface area contributed by atoms with Crippen LogP contribution in [0.25, 0.3) is 11.3 Å². The molecule has 2 aromatic heterocycles. The molecule has 2 aromatic rings. The van der Waals surface area contributed by atoms with Gasteiger partial charge in [0.1, 0.15) is 34.9 Å². The molecule has 1 spiro atoms. The molecule has 5 heteroatoms. The average molecular weight is 297 g/mol. The predicted molar refractivity (Wildman–Crippen MR) is 77.7 cm³/mol. The zero-order valence-corrected chi connectivity index (χ0v) is 12.0. The van der Waals surface area contributed by atoms with Gasteiger partial charge in [0.15, 0.2) is 0 Å². The molecular formula is C17H15NO4. The van der Waals surface area contributed by atoms with E-state index >= 15 is 0 Å². The van der Waals surface area contributed by atoms with Gasteiger partial charge < -0.3 is 13.9 Å². The highest BCUT2D eigenvalue weighted by molar-refractivity contribution is 5.59. The fourth-order valence-electron chi connectivity index (χ4n) is 3.84. The van der Waals surface area contributed by atoms with Gasteiger partial charge in [-0.1, -0.05) is 6.42 Å². The standard InChI is InChI=1S/C17H15NO4/c19-16-14-12(8-11(21-16)10-4-3-7-18-9-10)20-13-5-1-2-6-17(13)15(14)22-17/h3-4,7-9,13,15H,1-2,5-6H2/t13-,15+,17+/m0/s1. The number of nitrogens with zero attached hydrogens (tertiary/aromatic N) is 1. The van der Waals surface area contributed by atoms with Crippen LogP contribution >= 0.6 is 0 Å². The van der Waals surface area contributed by atoms with Crippen LogP contribution in [0.2, 0.25) is 0 Å². The van der Waals surface area contributed by atoms with Gasteiger partial charge in [-0.2, -0.15) is 0 Å². The third kappa shape index (κ3) is 1.57. The lowest BCUT2D eigenvalue weighted by Gasteiger charge is -2.33. The highest BCUT2D eigenvalue weighted by Crippen LogP contribution is 2.62. The Bertz CT molecular complexity index is 800. The molecule has 1 saturated carbocycles. The van der Waals surface area contributed by atoms with E-state index in [-0.39, 0.29) is 23.4 Å². The Kier molecular flexibility index (Phi) is 2.37. The van der Waals surface area contributed by atoms with E-state index in [0.29, 0.717) is 17.1 Å². The van der Waals surface area contributed by atoms with E-state index in [9.17, 15) is 4.79 Å². The van der Waals surface area contributed by atoms with Gasteiger partial charge in [0.25, 0.3) is 0 Å². The zero-order valence-electron chi connectivity index (χ0n) is 12.0. The lowest BCUT2D eigenvalue weighted by atomic mass is 9.80. The summed E-state index contributed by atoms with van der Waals surface area (Å²) in [5, 5.41) is 0. The molecule has 112 valence electrons. The third-order valence-electron chi connectivity index (χ3n) is 4.98. The van der Waals surface area contributed by atoms with E-state index in [1.165, 1.54) is 0 Å². The largest absolute Gasteiger partial charge is 0.486 e. The first-order valence-electron chi connectivity index (χ1n) is 7.71. The molecule has 1 saturated heterocycles. The molecule has 2 fully saturated rings. The van der Waals surface area contributed by atoms with Crippen LogP contribution in [-0.2, 0) is 4.74 Å². The SMILES string of the molecule is O=c1oc(-c2cccnc2)cc2c1[C@H]1O[C@@]13CCCC[C@@H]3O2. The Morgan fingerprint density at radius 2 is 2.27 bits per heavy atom. The first kappa shape index (κ1) is 12.4. The number of fused-ring (bicyclic) bond motifs is 2. The minimum atomic E-state index is -0.359. The van der Waals surface area contributed by atoms with Crippen molar-refractivity contribution in [3.63, 3.8) is 0 Å². The molecule has 0 amide bonds. The Hall–Kier alpha value is -2.14. The summed E-state index contributed by atoms with van der Waals surface area (Å²) in [4.78, 5) is 16.5. The summed E-state index contributed by atoms with van der Waals surface area (Å²) in [6.45, 7) is 0. The lowest BCUT2D eigenvalue weighted by Crippen LogP contribution is -2.42. The monoisotopic (exact) mass is 297 g/mol. The first-order chi connectivity index (χ1) is 10.8. The zero-order chi connectivity index (χ0) is 14.7. The average Bonchev–Trinajstić information content (AvgIpc) is 3.27. The van der Waals surface area contributed by atoms with Crippen LogP contribution in [0.3, 0.4) is 0 Å². The van der Waals surface area contributed by atoms with Crippen LogP contribution in [-0.4, -0.2) is 16.7 Å². The molecule has 5 nitrogen and oxygen atoms in total. The summed E-state index contributed by atoms with van der Waals surface area (Å²) in [5.41, 5.74) is 0.687. The van der Waals surface area contributed by atoms with Gasteiger partial charge in [0.2, 0.25) is 0 Å². The van der Waals surface area contributed by atoms with Crippen molar-refractivity contribution in [1.82, 2.24) is 4.98 Å². The Labute approximate surface area is 126 Å². The van der Waals surface area contributed by atoms with E-state index in [4.69, 9.17) is 13.9 Å². The van der Waals surface area contributed by atoms with E-state index in [0.717, 1.165) is 31.2 Å². The van der Waals surface area contributed by atoms with Gasteiger partial charge >= 0.3 is 5.63 Å². The molecule has 0 bridgehead atoms. The van der Waals surface area contributed by atoms with Crippen molar-refractivity contribution in [2.75, 3.05) is 0 Å².